The van der Waals surface area contributed by atoms with Crippen molar-refractivity contribution in [3.8, 4) is 16.8 Å². The molecule has 0 fully saturated rings. The van der Waals surface area contributed by atoms with Crippen LogP contribution in [0.15, 0.2) is 194 Å². The first-order valence-electron chi connectivity index (χ1n) is 17.4. The van der Waals surface area contributed by atoms with Crippen LogP contribution in [0.2, 0.25) is 0 Å². The van der Waals surface area contributed by atoms with Gasteiger partial charge in [0, 0.05) is 38.1 Å². The number of nitrogens with zero attached hydrogens (tertiary/aromatic N) is 2. The van der Waals surface area contributed by atoms with Gasteiger partial charge in [-0.2, -0.15) is 0 Å². The second kappa shape index (κ2) is 12.1. The molecule has 0 spiro atoms. The standard InChI is InChI=1S/C47H32N2SSi/c1-4-15-36(16-5-1)51(37-17-6-2-7-18-37,38-19-8-3-9-20-38)39-21-12-14-33(30-39)34-25-27-45-42(31-34)40-22-10-11-24-44(40)49(45)35-26-28-46-43(32-35)41-23-13-29-48-47(41)50-46/h1-32H. The second-order valence-corrected chi connectivity index (χ2v) is 18.0. The van der Waals surface area contributed by atoms with Crippen LogP contribution in [0.3, 0.4) is 0 Å². The number of benzene rings is 7. The molecule has 3 aromatic heterocycles. The molecule has 0 amide bonds. The Kier molecular flexibility index (Phi) is 7.05. The lowest BCUT2D eigenvalue weighted by Crippen LogP contribution is -2.74. The summed E-state index contributed by atoms with van der Waals surface area (Å²) in [5.41, 5.74) is 6.02. The topological polar surface area (TPSA) is 17.8 Å². The highest BCUT2D eigenvalue weighted by Gasteiger charge is 2.41. The molecule has 2 nitrogen and oxygen atoms in total. The predicted octanol–water partition coefficient (Wildman–Crippen LogP) is 9.59. The molecule has 0 saturated carbocycles. The first kappa shape index (κ1) is 29.8. The number of fused-ring (bicyclic) bond motifs is 6. The molecule has 240 valence electrons. The average molecular weight is 685 g/mol. The van der Waals surface area contributed by atoms with E-state index in [2.05, 4.69) is 192 Å². The Hall–Kier alpha value is -6.07. The molecular formula is C47H32N2SSi. The van der Waals surface area contributed by atoms with Crippen LogP contribution in [0.1, 0.15) is 0 Å². The van der Waals surface area contributed by atoms with Crippen molar-refractivity contribution in [2.45, 2.75) is 0 Å². The number of aromatic nitrogens is 2. The summed E-state index contributed by atoms with van der Waals surface area (Å²) in [6, 6.07) is 69.6. The summed E-state index contributed by atoms with van der Waals surface area (Å²) >= 11 is 1.76. The van der Waals surface area contributed by atoms with Gasteiger partial charge in [-0.05, 0) is 80.4 Å². The molecule has 0 aliphatic rings. The van der Waals surface area contributed by atoms with E-state index in [4.69, 9.17) is 0 Å². The largest absolute Gasteiger partial charge is 0.309 e. The van der Waals surface area contributed by atoms with Crippen LogP contribution in [0.5, 0.6) is 0 Å². The number of rotatable bonds is 6. The Balaban J connectivity index is 1.17. The van der Waals surface area contributed by atoms with Crippen molar-refractivity contribution >= 4 is 82.3 Å². The Bertz CT molecular complexity index is 2760. The molecule has 10 aromatic rings. The second-order valence-electron chi connectivity index (χ2n) is 13.2. The summed E-state index contributed by atoms with van der Waals surface area (Å²) in [7, 11) is -2.65. The summed E-state index contributed by atoms with van der Waals surface area (Å²) in [6.45, 7) is 0. The molecule has 3 heterocycles. The van der Waals surface area contributed by atoms with Gasteiger partial charge in [0.1, 0.15) is 4.83 Å². The van der Waals surface area contributed by atoms with Crippen LogP contribution in [0.4, 0.5) is 0 Å². The summed E-state index contributed by atoms with van der Waals surface area (Å²) < 4.78 is 3.68. The molecule has 0 aliphatic heterocycles. The molecule has 7 aromatic carbocycles. The smallest absolute Gasteiger partial charge is 0.179 e. The van der Waals surface area contributed by atoms with Gasteiger partial charge in [0.2, 0.25) is 0 Å². The van der Waals surface area contributed by atoms with Gasteiger partial charge in [-0.1, -0.05) is 140 Å². The average Bonchev–Trinajstić information content (AvgIpc) is 3.75. The lowest BCUT2D eigenvalue weighted by Gasteiger charge is -2.34. The Morgan fingerprint density at radius 2 is 1.02 bits per heavy atom. The van der Waals surface area contributed by atoms with E-state index < -0.39 is 8.07 Å². The van der Waals surface area contributed by atoms with Crippen molar-refractivity contribution in [3.05, 3.63) is 194 Å². The number of pyridine rings is 1. The van der Waals surface area contributed by atoms with Crippen LogP contribution in [-0.2, 0) is 0 Å². The van der Waals surface area contributed by atoms with Gasteiger partial charge in [0.25, 0.3) is 0 Å². The van der Waals surface area contributed by atoms with E-state index in [1.807, 2.05) is 12.3 Å². The fourth-order valence-electron chi connectivity index (χ4n) is 8.16. The Labute approximate surface area is 301 Å². The minimum Gasteiger partial charge on any atom is -0.309 e. The maximum atomic E-state index is 4.64. The fourth-order valence-corrected chi connectivity index (χ4v) is 14.0. The van der Waals surface area contributed by atoms with Crippen LogP contribution in [0.25, 0.3) is 58.9 Å². The summed E-state index contributed by atoms with van der Waals surface area (Å²) in [5, 5.41) is 10.5. The van der Waals surface area contributed by atoms with Gasteiger partial charge < -0.3 is 4.57 Å². The van der Waals surface area contributed by atoms with Crippen molar-refractivity contribution < 1.29 is 0 Å². The summed E-state index contributed by atoms with van der Waals surface area (Å²) in [4.78, 5) is 5.72. The Morgan fingerprint density at radius 1 is 0.412 bits per heavy atom. The first-order valence-corrected chi connectivity index (χ1v) is 20.2. The molecule has 0 saturated heterocycles. The van der Waals surface area contributed by atoms with E-state index in [0.29, 0.717) is 0 Å². The summed E-state index contributed by atoms with van der Waals surface area (Å²) in [5.74, 6) is 0. The highest BCUT2D eigenvalue weighted by molar-refractivity contribution is 7.25. The van der Waals surface area contributed by atoms with Gasteiger partial charge in [0.05, 0.1) is 11.0 Å². The molecule has 0 atom stereocenters. The monoisotopic (exact) mass is 684 g/mol. The highest BCUT2D eigenvalue weighted by atomic mass is 32.1. The molecule has 0 radical (unpaired) electrons. The van der Waals surface area contributed by atoms with E-state index >= 15 is 0 Å². The van der Waals surface area contributed by atoms with Crippen molar-refractivity contribution in [3.63, 3.8) is 0 Å². The van der Waals surface area contributed by atoms with E-state index in [1.54, 1.807) is 11.3 Å². The normalized spacial score (nSPS) is 11.9. The predicted molar refractivity (Wildman–Crippen MR) is 221 cm³/mol. The maximum Gasteiger partial charge on any atom is 0.179 e. The minimum absolute atomic E-state index is 1.08. The van der Waals surface area contributed by atoms with Crippen molar-refractivity contribution in [1.29, 1.82) is 0 Å². The number of hydrogen-bond donors (Lipinski definition) is 0. The van der Waals surface area contributed by atoms with Crippen LogP contribution < -0.4 is 20.7 Å². The van der Waals surface area contributed by atoms with Crippen molar-refractivity contribution in [1.82, 2.24) is 9.55 Å². The number of para-hydroxylation sites is 1. The zero-order valence-corrected chi connectivity index (χ0v) is 29.6. The summed E-state index contributed by atoms with van der Waals surface area (Å²) in [6.07, 6.45) is 1.88. The minimum atomic E-state index is -2.65. The molecule has 0 N–H and O–H groups in total. The van der Waals surface area contributed by atoms with Gasteiger partial charge in [-0.3, -0.25) is 0 Å². The highest BCUT2D eigenvalue weighted by Crippen LogP contribution is 2.38. The zero-order valence-electron chi connectivity index (χ0n) is 27.8. The Morgan fingerprint density at radius 3 is 1.75 bits per heavy atom. The van der Waals surface area contributed by atoms with E-state index in [0.717, 1.165) is 10.5 Å². The molecule has 4 heteroatoms. The van der Waals surface area contributed by atoms with E-state index in [9.17, 15) is 0 Å². The van der Waals surface area contributed by atoms with Crippen LogP contribution in [-0.4, -0.2) is 17.6 Å². The molecule has 0 aliphatic carbocycles. The van der Waals surface area contributed by atoms with Crippen LogP contribution >= 0.6 is 11.3 Å². The van der Waals surface area contributed by atoms with Gasteiger partial charge in [-0.25, -0.2) is 4.98 Å². The third-order valence-corrected chi connectivity index (χ3v) is 16.3. The SMILES string of the molecule is c1ccc([Si](c2ccccc2)(c2ccccc2)c2cccc(-c3ccc4c(c3)c3ccccc3n4-c3ccc4sc5ncccc5c4c3)c2)cc1. The van der Waals surface area contributed by atoms with Gasteiger partial charge >= 0.3 is 0 Å². The fraction of sp³-hybridized carbons (Fsp3) is 0. The van der Waals surface area contributed by atoms with Crippen LogP contribution in [0, 0.1) is 0 Å². The first-order chi connectivity index (χ1) is 25.3. The van der Waals surface area contributed by atoms with E-state index in [-0.39, 0.29) is 0 Å². The third-order valence-electron chi connectivity index (χ3n) is 10.4. The lowest BCUT2D eigenvalue weighted by atomic mass is 10.0. The molecule has 0 unspecified atom stereocenters. The number of hydrogen-bond acceptors (Lipinski definition) is 2. The lowest BCUT2D eigenvalue weighted by molar-refractivity contribution is 1.19. The van der Waals surface area contributed by atoms with Gasteiger partial charge in [0.15, 0.2) is 8.07 Å². The van der Waals surface area contributed by atoms with E-state index in [1.165, 1.54) is 69.2 Å². The third kappa shape index (κ3) is 4.72. The quantitative estimate of drug-likeness (QED) is 0.126. The van der Waals surface area contributed by atoms with Crippen molar-refractivity contribution in [2.24, 2.45) is 0 Å². The molecular weight excluding hydrogens is 653 g/mol. The molecule has 51 heavy (non-hydrogen) atoms. The van der Waals surface area contributed by atoms with Gasteiger partial charge in [-0.15, -0.1) is 11.3 Å². The molecule has 10 rings (SSSR count). The maximum absolute atomic E-state index is 4.64. The zero-order chi connectivity index (χ0) is 33.8. The van der Waals surface area contributed by atoms with Crippen molar-refractivity contribution in [2.75, 3.05) is 0 Å². The number of thiophene rings is 1. The molecule has 0 bridgehead atoms.